The molecule has 7 heteroatoms. The van der Waals surface area contributed by atoms with Crippen molar-refractivity contribution in [1.82, 2.24) is 15.0 Å². The number of benzene rings is 1. The van der Waals surface area contributed by atoms with Gasteiger partial charge in [0.1, 0.15) is 11.5 Å². The first-order valence-corrected chi connectivity index (χ1v) is 6.54. The standard InChI is InChI=1S/C14H18N4O3/c1-4-7-21-14-17-12(16-13(15)18-14)10-6-5-9(19-2)8-11(10)20-3/h5-6,8H,4,7H2,1-3H3,(H2,15,16,17,18). The van der Waals surface area contributed by atoms with E-state index in [9.17, 15) is 0 Å². The largest absolute Gasteiger partial charge is 0.497 e. The van der Waals surface area contributed by atoms with Gasteiger partial charge in [-0.3, -0.25) is 0 Å². The van der Waals surface area contributed by atoms with Crippen molar-refractivity contribution < 1.29 is 14.2 Å². The fourth-order valence-electron chi connectivity index (χ4n) is 1.73. The highest BCUT2D eigenvalue weighted by Gasteiger charge is 2.13. The second kappa shape index (κ2) is 6.74. The van der Waals surface area contributed by atoms with Crippen molar-refractivity contribution in [2.24, 2.45) is 0 Å². The van der Waals surface area contributed by atoms with E-state index < -0.39 is 0 Å². The van der Waals surface area contributed by atoms with Gasteiger partial charge in [0, 0.05) is 6.07 Å². The third kappa shape index (κ3) is 3.50. The minimum absolute atomic E-state index is 0.101. The molecule has 0 atom stereocenters. The Morgan fingerprint density at radius 1 is 1.10 bits per heavy atom. The number of nitrogen functional groups attached to an aromatic ring is 1. The normalized spacial score (nSPS) is 10.2. The maximum absolute atomic E-state index is 5.71. The molecule has 2 aromatic rings. The molecule has 1 heterocycles. The van der Waals surface area contributed by atoms with Crippen LogP contribution in [-0.4, -0.2) is 35.8 Å². The van der Waals surface area contributed by atoms with Crippen molar-refractivity contribution in [3.63, 3.8) is 0 Å². The predicted octanol–water partition coefficient (Wildman–Crippen LogP) is 1.93. The smallest absolute Gasteiger partial charge is 0.321 e. The molecule has 0 aliphatic rings. The van der Waals surface area contributed by atoms with Crippen LogP contribution >= 0.6 is 0 Å². The Hall–Kier alpha value is -2.57. The molecule has 0 spiro atoms. The number of anilines is 1. The van der Waals surface area contributed by atoms with E-state index in [-0.39, 0.29) is 12.0 Å². The molecule has 0 amide bonds. The molecule has 0 aliphatic heterocycles. The lowest BCUT2D eigenvalue weighted by molar-refractivity contribution is 0.292. The first kappa shape index (κ1) is 14.8. The highest BCUT2D eigenvalue weighted by molar-refractivity contribution is 5.66. The van der Waals surface area contributed by atoms with E-state index in [2.05, 4.69) is 15.0 Å². The zero-order valence-electron chi connectivity index (χ0n) is 12.3. The van der Waals surface area contributed by atoms with Crippen LogP contribution in [0.5, 0.6) is 17.5 Å². The van der Waals surface area contributed by atoms with Gasteiger partial charge in [0.25, 0.3) is 0 Å². The zero-order chi connectivity index (χ0) is 15.2. The molecule has 1 aromatic heterocycles. The van der Waals surface area contributed by atoms with Gasteiger partial charge in [-0.2, -0.15) is 15.0 Å². The number of ether oxygens (including phenoxy) is 3. The number of nitrogens with zero attached hydrogens (tertiary/aromatic N) is 3. The lowest BCUT2D eigenvalue weighted by Gasteiger charge is -2.10. The van der Waals surface area contributed by atoms with Crippen LogP contribution in [0.2, 0.25) is 0 Å². The zero-order valence-corrected chi connectivity index (χ0v) is 12.3. The highest BCUT2D eigenvalue weighted by atomic mass is 16.5. The molecule has 2 N–H and O–H groups in total. The molecule has 0 radical (unpaired) electrons. The van der Waals surface area contributed by atoms with Crippen molar-refractivity contribution >= 4 is 5.95 Å². The van der Waals surface area contributed by atoms with Crippen molar-refractivity contribution in [3.8, 4) is 28.9 Å². The molecular formula is C14H18N4O3. The van der Waals surface area contributed by atoms with Gasteiger partial charge in [-0.15, -0.1) is 0 Å². The Bertz CT molecular complexity index is 619. The number of hydrogen-bond acceptors (Lipinski definition) is 7. The number of hydrogen-bond donors (Lipinski definition) is 1. The fraction of sp³-hybridized carbons (Fsp3) is 0.357. The minimum atomic E-state index is 0.101. The van der Waals surface area contributed by atoms with Crippen molar-refractivity contribution in [3.05, 3.63) is 18.2 Å². The lowest BCUT2D eigenvalue weighted by Crippen LogP contribution is -2.06. The van der Waals surface area contributed by atoms with Crippen LogP contribution in [0.15, 0.2) is 18.2 Å². The molecule has 1 aromatic carbocycles. The van der Waals surface area contributed by atoms with E-state index >= 15 is 0 Å². The third-order valence-corrected chi connectivity index (χ3v) is 2.72. The Morgan fingerprint density at radius 2 is 1.90 bits per heavy atom. The Kier molecular flexibility index (Phi) is 4.76. The molecule has 112 valence electrons. The van der Waals surface area contributed by atoms with E-state index in [1.165, 1.54) is 0 Å². The summed E-state index contributed by atoms with van der Waals surface area (Å²) in [7, 11) is 3.16. The summed E-state index contributed by atoms with van der Waals surface area (Å²) in [6.45, 7) is 2.51. The van der Waals surface area contributed by atoms with E-state index in [1.807, 2.05) is 6.92 Å². The van der Waals surface area contributed by atoms with Crippen LogP contribution in [0.4, 0.5) is 5.95 Å². The predicted molar refractivity (Wildman–Crippen MR) is 78.6 cm³/mol. The second-order valence-electron chi connectivity index (χ2n) is 4.21. The summed E-state index contributed by atoms with van der Waals surface area (Å²) in [5, 5.41) is 0. The van der Waals surface area contributed by atoms with Gasteiger partial charge in [0.15, 0.2) is 5.82 Å². The van der Waals surface area contributed by atoms with Crippen LogP contribution in [0.3, 0.4) is 0 Å². The molecule has 0 aliphatic carbocycles. The van der Waals surface area contributed by atoms with Gasteiger partial charge in [0.2, 0.25) is 5.95 Å². The summed E-state index contributed by atoms with van der Waals surface area (Å²) in [6, 6.07) is 5.56. The number of methoxy groups -OCH3 is 2. The van der Waals surface area contributed by atoms with Crippen molar-refractivity contribution in [2.45, 2.75) is 13.3 Å². The van der Waals surface area contributed by atoms with Crippen LogP contribution in [-0.2, 0) is 0 Å². The van der Waals surface area contributed by atoms with Crippen molar-refractivity contribution in [1.29, 1.82) is 0 Å². The molecule has 0 unspecified atom stereocenters. The first-order chi connectivity index (χ1) is 10.2. The lowest BCUT2D eigenvalue weighted by atomic mass is 10.2. The molecule has 2 rings (SSSR count). The molecule has 7 nitrogen and oxygen atoms in total. The number of nitrogens with two attached hydrogens (primary N) is 1. The summed E-state index contributed by atoms with van der Waals surface area (Å²) >= 11 is 0. The SMILES string of the molecule is CCCOc1nc(N)nc(-c2ccc(OC)cc2OC)n1. The summed E-state index contributed by atoms with van der Waals surface area (Å²) in [4.78, 5) is 12.3. The molecule has 0 saturated carbocycles. The Balaban J connectivity index is 2.43. The van der Waals surface area contributed by atoms with E-state index in [4.69, 9.17) is 19.9 Å². The molecular weight excluding hydrogens is 272 g/mol. The summed E-state index contributed by atoms with van der Waals surface area (Å²) < 4.78 is 15.9. The topological polar surface area (TPSA) is 92.4 Å². The van der Waals surface area contributed by atoms with E-state index in [1.54, 1.807) is 32.4 Å². The van der Waals surface area contributed by atoms with Crippen molar-refractivity contribution in [2.75, 3.05) is 26.6 Å². The minimum Gasteiger partial charge on any atom is -0.497 e. The molecule has 0 bridgehead atoms. The van der Waals surface area contributed by atoms with Gasteiger partial charge in [0.05, 0.1) is 26.4 Å². The quantitative estimate of drug-likeness (QED) is 0.868. The van der Waals surface area contributed by atoms with Gasteiger partial charge < -0.3 is 19.9 Å². The van der Waals surface area contributed by atoms with Crippen LogP contribution < -0.4 is 19.9 Å². The highest BCUT2D eigenvalue weighted by Crippen LogP contribution is 2.31. The monoisotopic (exact) mass is 290 g/mol. The number of aromatic nitrogens is 3. The number of rotatable bonds is 6. The summed E-state index contributed by atoms with van der Waals surface area (Å²) in [5.74, 6) is 1.76. The average molecular weight is 290 g/mol. The average Bonchev–Trinajstić information content (AvgIpc) is 2.51. The van der Waals surface area contributed by atoms with E-state index in [0.717, 1.165) is 6.42 Å². The summed E-state index contributed by atoms with van der Waals surface area (Å²) in [5.41, 5.74) is 6.40. The maximum Gasteiger partial charge on any atom is 0.321 e. The van der Waals surface area contributed by atoms with Gasteiger partial charge in [-0.05, 0) is 18.6 Å². The molecule has 21 heavy (non-hydrogen) atoms. The third-order valence-electron chi connectivity index (χ3n) is 2.72. The first-order valence-electron chi connectivity index (χ1n) is 6.54. The van der Waals surface area contributed by atoms with Gasteiger partial charge >= 0.3 is 6.01 Å². The van der Waals surface area contributed by atoms with Gasteiger partial charge in [-0.25, -0.2) is 0 Å². The van der Waals surface area contributed by atoms with E-state index in [0.29, 0.717) is 29.5 Å². The Labute approximate surface area is 123 Å². The second-order valence-corrected chi connectivity index (χ2v) is 4.21. The molecule has 0 saturated heterocycles. The van der Waals surface area contributed by atoms with Crippen LogP contribution in [0.1, 0.15) is 13.3 Å². The van der Waals surface area contributed by atoms with Gasteiger partial charge in [-0.1, -0.05) is 6.92 Å². The fourth-order valence-corrected chi connectivity index (χ4v) is 1.73. The molecule has 0 fully saturated rings. The Morgan fingerprint density at radius 3 is 2.57 bits per heavy atom. The summed E-state index contributed by atoms with van der Waals surface area (Å²) in [6.07, 6.45) is 0.854. The van der Waals surface area contributed by atoms with Crippen LogP contribution in [0, 0.1) is 0 Å². The van der Waals surface area contributed by atoms with Crippen LogP contribution in [0.25, 0.3) is 11.4 Å². The maximum atomic E-state index is 5.71.